The molecule has 112 valence electrons. The van der Waals surface area contributed by atoms with Gasteiger partial charge in [0.05, 0.1) is 10.9 Å². The molecule has 1 N–H and O–H groups in total. The van der Waals surface area contributed by atoms with E-state index >= 15 is 0 Å². The number of hydrogen-bond donors (Lipinski definition) is 1. The smallest absolute Gasteiger partial charge is 0.183 e. The van der Waals surface area contributed by atoms with Crippen LogP contribution in [0.15, 0.2) is 27.4 Å². The number of nitrogens with one attached hydrogen (secondary N) is 1. The number of ketones is 1. The molecule has 1 heterocycles. The molecule has 1 aliphatic rings. The van der Waals surface area contributed by atoms with Crippen molar-refractivity contribution in [2.75, 3.05) is 5.32 Å². The van der Waals surface area contributed by atoms with Gasteiger partial charge in [-0.25, -0.2) is 8.42 Å². The third kappa shape index (κ3) is 3.34. The van der Waals surface area contributed by atoms with Gasteiger partial charge in [0.15, 0.2) is 15.6 Å². The van der Waals surface area contributed by atoms with E-state index in [1.807, 2.05) is 6.07 Å². The summed E-state index contributed by atoms with van der Waals surface area (Å²) in [5.74, 6) is -0.215. The molecule has 2 rings (SSSR count). The Kier molecular flexibility index (Phi) is 4.49. The van der Waals surface area contributed by atoms with Crippen molar-refractivity contribution >= 4 is 32.6 Å². The van der Waals surface area contributed by atoms with Gasteiger partial charge in [0.25, 0.3) is 0 Å². The van der Waals surface area contributed by atoms with E-state index in [0.717, 1.165) is 12.8 Å². The van der Waals surface area contributed by atoms with Crippen LogP contribution in [0.5, 0.6) is 0 Å². The standard InChI is InChI=1S/C14H16N2O3S2/c1-9(2)21(18,19)13-8-20-7-12(13)16-6-11(5-15)14(17)10-3-4-10/h6-10,16H,3-4H2,1-2H3. The molecular weight excluding hydrogens is 308 g/mol. The molecule has 0 saturated heterocycles. The monoisotopic (exact) mass is 324 g/mol. The maximum Gasteiger partial charge on any atom is 0.183 e. The summed E-state index contributed by atoms with van der Waals surface area (Å²) in [6, 6.07) is 1.87. The highest BCUT2D eigenvalue weighted by atomic mass is 32.2. The van der Waals surface area contributed by atoms with Crippen molar-refractivity contribution in [3.8, 4) is 6.07 Å². The lowest BCUT2D eigenvalue weighted by atomic mass is 10.1. The molecule has 0 radical (unpaired) electrons. The van der Waals surface area contributed by atoms with Gasteiger partial charge in [-0.1, -0.05) is 0 Å². The summed E-state index contributed by atoms with van der Waals surface area (Å²) < 4.78 is 24.4. The normalized spacial score (nSPS) is 15.8. The lowest BCUT2D eigenvalue weighted by Gasteiger charge is -2.08. The Morgan fingerprint density at radius 2 is 2.14 bits per heavy atom. The van der Waals surface area contributed by atoms with Gasteiger partial charge in [0.1, 0.15) is 16.5 Å². The zero-order chi connectivity index (χ0) is 15.6. The summed E-state index contributed by atoms with van der Waals surface area (Å²) in [7, 11) is -3.39. The van der Waals surface area contributed by atoms with Gasteiger partial charge in [-0.05, 0) is 26.7 Å². The summed E-state index contributed by atoms with van der Waals surface area (Å²) in [5.41, 5.74) is 0.446. The number of nitriles is 1. The number of carbonyl (C=O) groups is 1. The molecule has 1 aliphatic carbocycles. The summed E-state index contributed by atoms with van der Waals surface area (Å²) in [5, 5.41) is 14.5. The quantitative estimate of drug-likeness (QED) is 0.642. The number of Topliss-reactive ketones (excluding diaryl/α,β-unsaturated/α-hetero) is 1. The van der Waals surface area contributed by atoms with E-state index < -0.39 is 15.1 Å². The molecule has 21 heavy (non-hydrogen) atoms. The highest BCUT2D eigenvalue weighted by molar-refractivity contribution is 7.92. The topological polar surface area (TPSA) is 87.0 Å². The predicted molar refractivity (Wildman–Crippen MR) is 81.7 cm³/mol. The fourth-order valence-electron chi connectivity index (χ4n) is 1.74. The molecule has 0 spiro atoms. The van der Waals surface area contributed by atoms with Crippen LogP contribution in [0, 0.1) is 17.2 Å². The summed E-state index contributed by atoms with van der Waals surface area (Å²) in [4.78, 5) is 12.0. The molecule has 0 bridgehead atoms. The van der Waals surface area contributed by atoms with Crippen LogP contribution in [0.25, 0.3) is 0 Å². The van der Waals surface area contributed by atoms with Gasteiger partial charge in [-0.15, -0.1) is 11.3 Å². The summed E-state index contributed by atoms with van der Waals surface area (Å²) in [6.07, 6.45) is 2.95. The van der Waals surface area contributed by atoms with Crippen LogP contribution in [-0.4, -0.2) is 19.5 Å². The molecule has 0 atom stereocenters. The molecule has 0 aliphatic heterocycles. The van der Waals surface area contributed by atoms with Crippen molar-refractivity contribution < 1.29 is 13.2 Å². The number of nitrogens with zero attached hydrogens (tertiary/aromatic N) is 1. The molecular formula is C14H16N2O3S2. The van der Waals surface area contributed by atoms with Crippen molar-refractivity contribution in [1.29, 1.82) is 5.26 Å². The third-order valence-electron chi connectivity index (χ3n) is 3.26. The zero-order valence-electron chi connectivity index (χ0n) is 11.8. The summed E-state index contributed by atoms with van der Waals surface area (Å²) in [6.45, 7) is 3.23. The third-order valence-corrected chi connectivity index (χ3v) is 6.34. The number of rotatable bonds is 6. The van der Waals surface area contributed by atoms with Crippen molar-refractivity contribution in [2.45, 2.75) is 36.8 Å². The van der Waals surface area contributed by atoms with Crippen molar-refractivity contribution in [3.63, 3.8) is 0 Å². The van der Waals surface area contributed by atoms with E-state index in [2.05, 4.69) is 5.32 Å². The van der Waals surface area contributed by atoms with E-state index in [1.54, 1.807) is 24.6 Å². The highest BCUT2D eigenvalue weighted by Crippen LogP contribution is 2.33. The Balaban J connectivity index is 2.23. The van der Waals surface area contributed by atoms with E-state index in [0.29, 0.717) is 5.69 Å². The fourth-order valence-corrected chi connectivity index (χ4v) is 4.10. The van der Waals surface area contributed by atoms with Crippen LogP contribution < -0.4 is 5.32 Å². The van der Waals surface area contributed by atoms with Gasteiger partial charge < -0.3 is 5.32 Å². The second kappa shape index (κ2) is 6.00. The van der Waals surface area contributed by atoms with Crippen molar-refractivity contribution in [1.82, 2.24) is 0 Å². The molecule has 1 fully saturated rings. The second-order valence-electron chi connectivity index (χ2n) is 5.20. The molecule has 1 aromatic rings. The first-order valence-corrected chi connectivity index (χ1v) is 9.08. The lowest BCUT2D eigenvalue weighted by Crippen LogP contribution is -2.14. The molecule has 0 aromatic carbocycles. The SMILES string of the molecule is CC(C)S(=O)(=O)c1cscc1NC=C(C#N)C(=O)C1CC1. The van der Waals surface area contributed by atoms with Crippen LogP contribution >= 0.6 is 11.3 Å². The minimum absolute atomic E-state index is 0.0385. The van der Waals surface area contributed by atoms with Crippen molar-refractivity contribution in [3.05, 3.63) is 22.5 Å². The number of sulfone groups is 1. The molecule has 0 amide bonds. The van der Waals surface area contributed by atoms with Gasteiger partial charge in [0, 0.05) is 22.9 Å². The highest BCUT2D eigenvalue weighted by Gasteiger charge is 2.32. The minimum atomic E-state index is -3.39. The van der Waals surface area contributed by atoms with Crippen molar-refractivity contribution in [2.24, 2.45) is 5.92 Å². The Labute approximate surface area is 128 Å². The number of hydrogen-bond acceptors (Lipinski definition) is 6. The maximum atomic E-state index is 12.2. The first-order chi connectivity index (χ1) is 9.87. The molecule has 7 heteroatoms. The Morgan fingerprint density at radius 3 is 2.67 bits per heavy atom. The van der Waals surface area contributed by atoms with Gasteiger partial charge in [-0.2, -0.15) is 5.26 Å². The van der Waals surface area contributed by atoms with Gasteiger partial charge >= 0.3 is 0 Å². The number of thiophene rings is 1. The van der Waals surface area contributed by atoms with Crippen LogP contribution in [0.1, 0.15) is 26.7 Å². The average Bonchev–Trinajstić information content (AvgIpc) is 3.17. The largest absolute Gasteiger partial charge is 0.359 e. The van der Waals surface area contributed by atoms with Crippen LogP contribution in [0.2, 0.25) is 0 Å². The van der Waals surface area contributed by atoms with E-state index in [1.165, 1.54) is 17.5 Å². The fraction of sp³-hybridized carbons (Fsp3) is 0.429. The van der Waals surface area contributed by atoms with Gasteiger partial charge in [0.2, 0.25) is 0 Å². The Hall–Kier alpha value is -1.65. The number of carbonyl (C=O) groups excluding carboxylic acids is 1. The van der Waals surface area contributed by atoms with E-state index in [4.69, 9.17) is 5.26 Å². The minimum Gasteiger partial charge on any atom is -0.359 e. The van der Waals surface area contributed by atoms with E-state index in [-0.39, 0.29) is 22.2 Å². The van der Waals surface area contributed by atoms with Crippen LogP contribution in [0.3, 0.4) is 0 Å². The molecule has 5 nitrogen and oxygen atoms in total. The Morgan fingerprint density at radius 1 is 1.48 bits per heavy atom. The maximum absolute atomic E-state index is 12.2. The zero-order valence-corrected chi connectivity index (χ0v) is 13.4. The predicted octanol–water partition coefficient (Wildman–Crippen LogP) is 2.73. The van der Waals surface area contributed by atoms with Gasteiger partial charge in [-0.3, -0.25) is 4.79 Å². The lowest BCUT2D eigenvalue weighted by molar-refractivity contribution is -0.116. The van der Waals surface area contributed by atoms with Crippen LogP contribution in [0.4, 0.5) is 5.69 Å². The molecule has 1 saturated carbocycles. The molecule has 0 unspecified atom stereocenters. The Bertz CT molecular complexity index is 720. The average molecular weight is 324 g/mol. The number of anilines is 1. The number of allylic oxidation sites excluding steroid dienone is 1. The van der Waals surface area contributed by atoms with Crippen LogP contribution in [-0.2, 0) is 14.6 Å². The first kappa shape index (κ1) is 15.7. The molecule has 1 aromatic heterocycles. The first-order valence-electron chi connectivity index (χ1n) is 6.59. The summed E-state index contributed by atoms with van der Waals surface area (Å²) >= 11 is 1.26. The second-order valence-corrected chi connectivity index (χ2v) is 8.41. The van der Waals surface area contributed by atoms with E-state index in [9.17, 15) is 13.2 Å².